The third kappa shape index (κ3) is 1.48. The van der Waals surface area contributed by atoms with Crippen LogP contribution in [0.2, 0.25) is 0 Å². The van der Waals surface area contributed by atoms with Crippen LogP contribution in [0, 0.1) is 0 Å². The Labute approximate surface area is 136 Å². The van der Waals surface area contributed by atoms with Gasteiger partial charge < -0.3 is 9.47 Å². The van der Waals surface area contributed by atoms with Gasteiger partial charge in [-0.05, 0) is 22.9 Å². The quantitative estimate of drug-likeness (QED) is 0.509. The number of carbonyl (C=O) groups is 2. The molecule has 0 radical (unpaired) electrons. The van der Waals surface area contributed by atoms with Crippen LogP contribution >= 0.6 is 0 Å². The first-order valence-electron chi connectivity index (χ1n) is 7.41. The number of Topliss-reactive ketones (excluding diaryl/α,β-unsaturated/α-hetero) is 1. The van der Waals surface area contributed by atoms with Crippen molar-refractivity contribution >= 4 is 38.9 Å². The van der Waals surface area contributed by atoms with Gasteiger partial charge in [0.05, 0.1) is 12.8 Å². The van der Waals surface area contributed by atoms with Crippen LogP contribution in [0.25, 0.3) is 21.5 Å². The van der Waals surface area contributed by atoms with Crippen molar-refractivity contribution in [3.8, 4) is 11.5 Å². The molecule has 0 aromatic heterocycles. The predicted molar refractivity (Wildman–Crippen MR) is 86.4 cm³/mol. The van der Waals surface area contributed by atoms with Crippen molar-refractivity contribution in [3.05, 3.63) is 42.0 Å². The van der Waals surface area contributed by atoms with Crippen LogP contribution < -0.4 is 14.5 Å². The van der Waals surface area contributed by atoms with Crippen molar-refractivity contribution in [2.75, 3.05) is 19.0 Å². The lowest BCUT2D eigenvalue weighted by Crippen LogP contribution is -2.39. The van der Waals surface area contributed by atoms with Crippen LogP contribution in [0.15, 0.2) is 36.4 Å². The van der Waals surface area contributed by atoms with Crippen molar-refractivity contribution in [1.82, 2.24) is 0 Å². The number of benzene rings is 3. The number of ether oxygens (including phenoxy) is 2. The summed E-state index contributed by atoms with van der Waals surface area (Å²) in [6.07, 6.45) is 0. The lowest BCUT2D eigenvalue weighted by molar-refractivity contribution is -0.120. The normalized spacial score (nSPS) is 15.6. The average Bonchev–Trinajstić information content (AvgIpc) is 3.08. The molecule has 0 bridgehead atoms. The smallest absolute Gasteiger partial charge is 0.323 e. The monoisotopic (exact) mass is 321 g/mol. The largest absolute Gasteiger partial charge is 0.454 e. The van der Waals surface area contributed by atoms with Gasteiger partial charge in [-0.1, -0.05) is 24.3 Å². The van der Waals surface area contributed by atoms with E-state index in [4.69, 9.17) is 14.3 Å². The summed E-state index contributed by atoms with van der Waals surface area (Å²) in [5.41, 5.74) is 0.845. The molecule has 24 heavy (non-hydrogen) atoms. The molecule has 0 N–H and O–H groups in total. The van der Waals surface area contributed by atoms with Gasteiger partial charge in [-0.25, -0.2) is 0 Å². The van der Waals surface area contributed by atoms with Crippen LogP contribution in [0.4, 0.5) is 5.69 Å². The standard InChI is InChI=1S/C18H11NO5/c1-22-19-12-6-9-4-2-3-5-10(9)15-14(12)11(16(20)18(19)21)7-13-17(15)24-8-23-13/h2-7H,8H2,1H3. The van der Waals surface area contributed by atoms with E-state index in [0.717, 1.165) is 21.2 Å². The van der Waals surface area contributed by atoms with E-state index in [9.17, 15) is 9.59 Å². The SMILES string of the molecule is CON1C(=O)C(=O)c2cc3c(c4c2c1cc1ccccc14)OCO3. The average molecular weight is 321 g/mol. The van der Waals surface area contributed by atoms with Crippen LogP contribution in [-0.2, 0) is 9.63 Å². The van der Waals surface area contributed by atoms with Gasteiger partial charge in [0.2, 0.25) is 6.79 Å². The van der Waals surface area contributed by atoms with Crippen molar-refractivity contribution in [1.29, 1.82) is 0 Å². The third-order valence-electron chi connectivity index (χ3n) is 4.47. The molecule has 2 aliphatic rings. The third-order valence-corrected chi connectivity index (χ3v) is 4.47. The molecule has 3 aromatic carbocycles. The Bertz CT molecular complexity index is 1070. The Kier molecular flexibility index (Phi) is 2.47. The number of hydroxylamine groups is 1. The van der Waals surface area contributed by atoms with E-state index < -0.39 is 11.7 Å². The minimum absolute atomic E-state index is 0.0859. The highest BCUT2D eigenvalue weighted by Gasteiger charge is 2.37. The second-order valence-corrected chi connectivity index (χ2v) is 5.64. The maximum atomic E-state index is 12.5. The maximum Gasteiger partial charge on any atom is 0.323 e. The molecule has 3 aromatic rings. The van der Waals surface area contributed by atoms with Gasteiger partial charge in [-0.3, -0.25) is 14.4 Å². The van der Waals surface area contributed by atoms with Gasteiger partial charge in [0.25, 0.3) is 5.78 Å². The summed E-state index contributed by atoms with van der Waals surface area (Å²) in [4.78, 5) is 30.1. The molecule has 0 saturated carbocycles. The molecular formula is C18H11NO5. The number of carbonyl (C=O) groups excluding carboxylic acids is 2. The zero-order valence-electron chi connectivity index (χ0n) is 12.7. The van der Waals surface area contributed by atoms with Gasteiger partial charge in [-0.2, -0.15) is 5.06 Å². The van der Waals surface area contributed by atoms with Crippen LogP contribution in [-0.4, -0.2) is 25.6 Å². The van der Waals surface area contributed by atoms with Gasteiger partial charge in [-0.15, -0.1) is 0 Å². The second kappa shape index (κ2) is 4.46. The number of ketones is 1. The molecule has 6 heteroatoms. The number of amides is 1. The summed E-state index contributed by atoms with van der Waals surface area (Å²) in [7, 11) is 1.37. The minimum atomic E-state index is -0.722. The molecule has 0 atom stereocenters. The van der Waals surface area contributed by atoms with E-state index in [2.05, 4.69) is 0 Å². The van der Waals surface area contributed by atoms with Crippen molar-refractivity contribution in [3.63, 3.8) is 0 Å². The molecule has 0 fully saturated rings. The Morgan fingerprint density at radius 3 is 2.75 bits per heavy atom. The zero-order valence-corrected chi connectivity index (χ0v) is 12.7. The van der Waals surface area contributed by atoms with Crippen LogP contribution in [0.3, 0.4) is 0 Å². The van der Waals surface area contributed by atoms with Crippen molar-refractivity contribution in [2.45, 2.75) is 0 Å². The summed E-state index contributed by atoms with van der Waals surface area (Å²) in [5, 5.41) is 4.28. The Balaban J connectivity index is 2.08. The summed E-state index contributed by atoms with van der Waals surface area (Å²) >= 11 is 0. The summed E-state index contributed by atoms with van der Waals surface area (Å²) in [6.45, 7) is 0.0859. The molecule has 0 spiro atoms. The Hall–Kier alpha value is -3.12. The number of anilines is 1. The summed E-state index contributed by atoms with van der Waals surface area (Å²) in [6, 6.07) is 11.2. The van der Waals surface area contributed by atoms with Crippen molar-refractivity contribution < 1.29 is 23.9 Å². The first kappa shape index (κ1) is 13.3. The highest BCUT2D eigenvalue weighted by molar-refractivity contribution is 6.52. The number of fused-ring (bicyclic) bond motifs is 4. The fourth-order valence-electron chi connectivity index (χ4n) is 3.47. The van der Waals surface area contributed by atoms with Crippen LogP contribution in [0.1, 0.15) is 10.4 Å². The second-order valence-electron chi connectivity index (χ2n) is 5.64. The lowest BCUT2D eigenvalue weighted by Gasteiger charge is -2.27. The molecule has 6 nitrogen and oxygen atoms in total. The molecule has 118 valence electrons. The number of rotatable bonds is 1. The van der Waals surface area contributed by atoms with E-state index in [1.165, 1.54) is 7.11 Å². The van der Waals surface area contributed by atoms with E-state index in [1.54, 1.807) is 6.07 Å². The molecule has 0 aliphatic carbocycles. The van der Waals surface area contributed by atoms with Gasteiger partial charge in [0, 0.05) is 16.3 Å². The van der Waals surface area contributed by atoms with Gasteiger partial charge >= 0.3 is 5.91 Å². The molecule has 2 heterocycles. The van der Waals surface area contributed by atoms with Crippen LogP contribution in [0.5, 0.6) is 11.5 Å². The highest BCUT2D eigenvalue weighted by atomic mass is 16.7. The summed E-state index contributed by atoms with van der Waals surface area (Å²) in [5.74, 6) is -0.278. The van der Waals surface area contributed by atoms with Gasteiger partial charge in [0.15, 0.2) is 11.5 Å². The van der Waals surface area contributed by atoms with E-state index in [0.29, 0.717) is 28.1 Å². The fraction of sp³-hybridized carbons (Fsp3) is 0.111. The van der Waals surface area contributed by atoms with Crippen molar-refractivity contribution in [2.24, 2.45) is 0 Å². The lowest BCUT2D eigenvalue weighted by atomic mass is 9.91. The Morgan fingerprint density at radius 2 is 1.92 bits per heavy atom. The molecule has 5 rings (SSSR count). The number of hydrogen-bond donors (Lipinski definition) is 0. The minimum Gasteiger partial charge on any atom is -0.454 e. The fourth-order valence-corrected chi connectivity index (χ4v) is 3.47. The molecular weight excluding hydrogens is 310 g/mol. The molecule has 0 saturated heterocycles. The number of hydrogen-bond acceptors (Lipinski definition) is 5. The van der Waals surface area contributed by atoms with Gasteiger partial charge in [0.1, 0.15) is 0 Å². The van der Waals surface area contributed by atoms with E-state index in [1.807, 2.05) is 30.3 Å². The predicted octanol–water partition coefficient (Wildman–Crippen LogP) is 2.81. The van der Waals surface area contributed by atoms with E-state index in [-0.39, 0.29) is 6.79 Å². The highest BCUT2D eigenvalue weighted by Crippen LogP contribution is 2.49. The first-order valence-corrected chi connectivity index (χ1v) is 7.41. The number of nitrogens with zero attached hydrogens (tertiary/aromatic N) is 1. The maximum absolute atomic E-state index is 12.5. The zero-order chi connectivity index (χ0) is 16.4. The Morgan fingerprint density at radius 1 is 1.08 bits per heavy atom. The first-order chi connectivity index (χ1) is 11.7. The summed E-state index contributed by atoms with van der Waals surface area (Å²) < 4.78 is 11.1. The topological polar surface area (TPSA) is 65.1 Å². The molecule has 1 amide bonds. The van der Waals surface area contributed by atoms with E-state index >= 15 is 0 Å². The molecule has 2 aliphatic heterocycles. The molecule has 0 unspecified atom stereocenters.